The minimum Gasteiger partial charge on any atom is -0.496 e. The summed E-state index contributed by atoms with van der Waals surface area (Å²) in [6, 6.07) is 8.09. The van der Waals surface area contributed by atoms with E-state index in [1.54, 1.807) is 36.2 Å². The number of methoxy groups -OCH3 is 1. The van der Waals surface area contributed by atoms with Crippen molar-refractivity contribution in [2.75, 3.05) is 14.2 Å². The van der Waals surface area contributed by atoms with Gasteiger partial charge in [-0.05, 0) is 24.3 Å². The Hall–Kier alpha value is -2.67. The van der Waals surface area contributed by atoms with Crippen LogP contribution in [0.4, 0.5) is 10.2 Å². The lowest BCUT2D eigenvalue weighted by Crippen LogP contribution is -2.43. The van der Waals surface area contributed by atoms with Gasteiger partial charge in [0.1, 0.15) is 17.7 Å². The molecule has 1 aliphatic rings. The summed E-state index contributed by atoms with van der Waals surface area (Å²) in [7, 11) is 3.23. The second kappa shape index (κ2) is 5.27. The Morgan fingerprint density at radius 1 is 1.27 bits per heavy atom. The highest BCUT2D eigenvalue weighted by atomic mass is 19.1. The number of nitrogens with two attached hydrogens (primary N) is 2. The number of aliphatic imine (C=N–C) groups is 1. The lowest BCUT2D eigenvalue weighted by Gasteiger charge is -2.30. The minimum atomic E-state index is -0.434. The molecule has 0 bridgehead atoms. The first kappa shape index (κ1) is 14.3. The Morgan fingerprint density at radius 2 is 2.05 bits per heavy atom. The predicted octanol–water partition coefficient (Wildman–Crippen LogP) is 1.75. The summed E-state index contributed by atoms with van der Waals surface area (Å²) < 4.78 is 19.4. The molecule has 2 aromatic rings. The van der Waals surface area contributed by atoms with E-state index in [1.807, 2.05) is 0 Å². The van der Waals surface area contributed by atoms with Crippen molar-refractivity contribution in [1.82, 2.24) is 9.88 Å². The Labute approximate surface area is 127 Å². The number of guanidine groups is 1. The molecule has 7 heteroatoms. The van der Waals surface area contributed by atoms with Crippen LogP contribution >= 0.6 is 0 Å². The topological polar surface area (TPSA) is 89.8 Å². The second-order valence-corrected chi connectivity index (χ2v) is 4.95. The van der Waals surface area contributed by atoms with Gasteiger partial charge in [0, 0.05) is 12.6 Å². The van der Waals surface area contributed by atoms with E-state index < -0.39 is 12.0 Å². The minimum absolute atomic E-state index is 0.269. The summed E-state index contributed by atoms with van der Waals surface area (Å²) in [4.78, 5) is 10.3. The van der Waals surface area contributed by atoms with Crippen LogP contribution in [0.15, 0.2) is 35.3 Å². The van der Waals surface area contributed by atoms with Gasteiger partial charge >= 0.3 is 0 Å². The largest absolute Gasteiger partial charge is 0.496 e. The number of fused-ring (bicyclic) bond motifs is 1. The average molecular weight is 301 g/mol. The summed E-state index contributed by atoms with van der Waals surface area (Å²) >= 11 is 0. The van der Waals surface area contributed by atoms with E-state index in [9.17, 15) is 4.39 Å². The van der Waals surface area contributed by atoms with Crippen LogP contribution in [0.2, 0.25) is 0 Å². The molecular formula is C15H16FN5O. The number of ether oxygens (including phenoxy) is 1. The maximum atomic E-state index is 14.2. The van der Waals surface area contributed by atoms with Crippen LogP contribution < -0.4 is 16.2 Å². The van der Waals surface area contributed by atoms with Crippen LogP contribution in [-0.4, -0.2) is 30.0 Å². The summed E-state index contributed by atoms with van der Waals surface area (Å²) in [6.45, 7) is 0. The fourth-order valence-electron chi connectivity index (χ4n) is 2.38. The molecule has 1 atom stereocenters. The van der Waals surface area contributed by atoms with Crippen LogP contribution in [0.1, 0.15) is 11.7 Å². The van der Waals surface area contributed by atoms with Gasteiger partial charge in [0.2, 0.25) is 0 Å². The van der Waals surface area contributed by atoms with Gasteiger partial charge in [-0.15, -0.1) is 0 Å². The number of pyridine rings is 1. The van der Waals surface area contributed by atoms with Crippen molar-refractivity contribution in [2.24, 2.45) is 16.5 Å². The predicted molar refractivity (Wildman–Crippen MR) is 82.2 cm³/mol. The van der Waals surface area contributed by atoms with Gasteiger partial charge in [-0.1, -0.05) is 6.07 Å². The number of hydrogen-bond donors (Lipinski definition) is 2. The zero-order valence-corrected chi connectivity index (χ0v) is 12.2. The van der Waals surface area contributed by atoms with Crippen LogP contribution in [0.3, 0.4) is 0 Å². The maximum Gasteiger partial charge on any atom is 0.199 e. The molecule has 4 N–H and O–H groups in total. The molecule has 0 spiro atoms. The molecule has 0 aliphatic carbocycles. The highest BCUT2D eigenvalue weighted by molar-refractivity contribution is 5.83. The summed E-state index contributed by atoms with van der Waals surface area (Å²) in [6.07, 6.45) is -0.434. The Morgan fingerprint density at radius 3 is 2.77 bits per heavy atom. The fraction of sp³-hybridized carbons (Fsp3) is 0.200. The molecule has 0 fully saturated rings. The Balaban J connectivity index is 2.16. The van der Waals surface area contributed by atoms with E-state index >= 15 is 0 Å². The second-order valence-electron chi connectivity index (χ2n) is 4.95. The normalized spacial score (nSPS) is 17.0. The maximum absolute atomic E-state index is 14.2. The zero-order chi connectivity index (χ0) is 15.9. The summed E-state index contributed by atoms with van der Waals surface area (Å²) in [5, 5.41) is 0. The summed E-state index contributed by atoms with van der Waals surface area (Å²) in [5.41, 5.74) is 13.3. The highest BCUT2D eigenvalue weighted by Crippen LogP contribution is 2.35. The van der Waals surface area contributed by atoms with Gasteiger partial charge in [0.25, 0.3) is 0 Å². The number of aromatic nitrogens is 1. The quantitative estimate of drug-likeness (QED) is 0.882. The van der Waals surface area contributed by atoms with Gasteiger partial charge in [-0.3, -0.25) is 0 Å². The van der Waals surface area contributed by atoms with E-state index in [4.69, 9.17) is 16.2 Å². The highest BCUT2D eigenvalue weighted by Gasteiger charge is 2.25. The third-order valence-corrected chi connectivity index (χ3v) is 3.67. The molecular weight excluding hydrogens is 285 g/mol. The number of hydrogen-bond acceptors (Lipinski definition) is 6. The van der Waals surface area contributed by atoms with E-state index in [0.29, 0.717) is 17.3 Å². The molecule has 1 aromatic carbocycles. The third-order valence-electron chi connectivity index (χ3n) is 3.67. The zero-order valence-electron chi connectivity index (χ0n) is 12.2. The van der Waals surface area contributed by atoms with Gasteiger partial charge in [0.15, 0.2) is 11.8 Å². The van der Waals surface area contributed by atoms with E-state index in [2.05, 4.69) is 9.98 Å². The molecule has 114 valence electrons. The van der Waals surface area contributed by atoms with Crippen molar-refractivity contribution in [1.29, 1.82) is 0 Å². The smallest absolute Gasteiger partial charge is 0.199 e. The molecule has 2 heterocycles. The third kappa shape index (κ3) is 2.15. The Kier molecular flexibility index (Phi) is 3.42. The van der Waals surface area contributed by atoms with Crippen LogP contribution in [0.25, 0.3) is 11.3 Å². The van der Waals surface area contributed by atoms with Crippen molar-refractivity contribution in [2.45, 2.75) is 6.17 Å². The molecule has 1 aliphatic heterocycles. The molecule has 0 radical (unpaired) electrons. The van der Waals surface area contributed by atoms with Crippen molar-refractivity contribution in [3.63, 3.8) is 0 Å². The van der Waals surface area contributed by atoms with Crippen molar-refractivity contribution in [3.05, 3.63) is 41.7 Å². The van der Waals surface area contributed by atoms with E-state index in [0.717, 1.165) is 5.56 Å². The monoisotopic (exact) mass is 301 g/mol. The molecule has 22 heavy (non-hydrogen) atoms. The van der Waals surface area contributed by atoms with Gasteiger partial charge < -0.3 is 21.1 Å². The SMILES string of the molecule is COc1cccc(F)c1-c1ccc2c(n1)N=C(N)N(C)C2N. The summed E-state index contributed by atoms with van der Waals surface area (Å²) in [5.74, 6) is 0.652. The van der Waals surface area contributed by atoms with E-state index in [-0.39, 0.29) is 11.5 Å². The standard InChI is InChI=1S/C15H16FN5O/c1-21-13(17)8-6-7-10(19-14(8)20-15(21)18)12-9(16)4-3-5-11(12)22-2/h3-7,13H,17H2,1-2H3,(H2,18,19,20). The van der Waals surface area contributed by atoms with Crippen LogP contribution in [0, 0.1) is 5.82 Å². The Bertz CT molecular complexity index is 762. The molecule has 6 nitrogen and oxygen atoms in total. The molecule has 3 rings (SSSR count). The van der Waals surface area contributed by atoms with Crippen LogP contribution in [-0.2, 0) is 0 Å². The first-order valence-electron chi connectivity index (χ1n) is 6.69. The number of benzene rings is 1. The molecule has 1 aromatic heterocycles. The van der Waals surface area contributed by atoms with Crippen molar-refractivity contribution in [3.8, 4) is 17.0 Å². The lowest BCUT2D eigenvalue weighted by molar-refractivity contribution is 0.374. The number of rotatable bonds is 2. The van der Waals surface area contributed by atoms with Gasteiger partial charge in [0.05, 0.1) is 18.4 Å². The number of nitrogens with zero attached hydrogens (tertiary/aromatic N) is 3. The van der Waals surface area contributed by atoms with Gasteiger partial charge in [-0.25, -0.2) is 9.37 Å². The lowest BCUT2D eigenvalue weighted by atomic mass is 10.1. The molecule has 0 amide bonds. The average Bonchev–Trinajstić information content (AvgIpc) is 2.52. The fourth-order valence-corrected chi connectivity index (χ4v) is 2.38. The van der Waals surface area contributed by atoms with Crippen molar-refractivity contribution >= 4 is 11.8 Å². The molecule has 1 unspecified atom stereocenters. The first-order chi connectivity index (χ1) is 10.5. The van der Waals surface area contributed by atoms with E-state index in [1.165, 1.54) is 13.2 Å². The molecule has 0 saturated heterocycles. The van der Waals surface area contributed by atoms with Gasteiger partial charge in [-0.2, -0.15) is 4.99 Å². The van der Waals surface area contributed by atoms with Crippen molar-refractivity contribution < 1.29 is 9.13 Å². The van der Waals surface area contributed by atoms with Crippen LogP contribution in [0.5, 0.6) is 5.75 Å². The first-order valence-corrected chi connectivity index (χ1v) is 6.69. The number of halogens is 1. The molecule has 0 saturated carbocycles.